The average Bonchev–Trinajstić information content (AvgIpc) is 2.82. The SMILES string of the molecule is O=C(O)C1CN(Cc2nc(-c3ccc(F)cc3)no2)C1. The van der Waals surface area contributed by atoms with Crippen molar-refractivity contribution in [1.82, 2.24) is 15.0 Å². The van der Waals surface area contributed by atoms with Crippen LogP contribution in [0, 0.1) is 11.7 Å². The number of halogens is 1. The van der Waals surface area contributed by atoms with Crippen molar-refractivity contribution >= 4 is 5.97 Å². The monoisotopic (exact) mass is 277 g/mol. The summed E-state index contributed by atoms with van der Waals surface area (Å²) >= 11 is 0. The normalized spacial score (nSPS) is 16.1. The highest BCUT2D eigenvalue weighted by Crippen LogP contribution is 2.20. The highest BCUT2D eigenvalue weighted by atomic mass is 19.1. The van der Waals surface area contributed by atoms with Crippen molar-refractivity contribution in [3.63, 3.8) is 0 Å². The number of carboxylic acids is 1. The van der Waals surface area contributed by atoms with Gasteiger partial charge in [0.2, 0.25) is 11.7 Å². The van der Waals surface area contributed by atoms with Crippen molar-refractivity contribution in [3.8, 4) is 11.4 Å². The molecule has 1 aliphatic rings. The lowest BCUT2D eigenvalue weighted by atomic mass is 10.0. The molecule has 0 bridgehead atoms. The highest BCUT2D eigenvalue weighted by Gasteiger charge is 2.33. The first kappa shape index (κ1) is 12.7. The Balaban J connectivity index is 1.63. The first-order valence-electron chi connectivity index (χ1n) is 6.15. The second kappa shape index (κ2) is 5.01. The summed E-state index contributed by atoms with van der Waals surface area (Å²) in [6.45, 7) is 1.41. The van der Waals surface area contributed by atoms with Crippen molar-refractivity contribution in [2.24, 2.45) is 5.92 Å². The molecule has 1 aromatic heterocycles. The van der Waals surface area contributed by atoms with Gasteiger partial charge in [0.15, 0.2) is 0 Å². The predicted molar refractivity (Wildman–Crippen MR) is 66.1 cm³/mol. The predicted octanol–water partition coefficient (Wildman–Crippen LogP) is 1.39. The van der Waals surface area contributed by atoms with Crippen molar-refractivity contribution < 1.29 is 18.8 Å². The second-order valence-electron chi connectivity index (χ2n) is 4.75. The molecular weight excluding hydrogens is 265 g/mol. The van der Waals surface area contributed by atoms with Crippen LogP contribution in [0.15, 0.2) is 28.8 Å². The molecule has 0 radical (unpaired) electrons. The van der Waals surface area contributed by atoms with E-state index >= 15 is 0 Å². The number of hydrogen-bond acceptors (Lipinski definition) is 5. The van der Waals surface area contributed by atoms with Crippen molar-refractivity contribution in [2.45, 2.75) is 6.54 Å². The number of carboxylic acid groups (broad SMARTS) is 1. The molecule has 20 heavy (non-hydrogen) atoms. The van der Waals surface area contributed by atoms with E-state index in [0.29, 0.717) is 36.9 Å². The molecule has 1 N–H and O–H groups in total. The Hall–Kier alpha value is -2.28. The fraction of sp³-hybridized carbons (Fsp3) is 0.308. The number of nitrogens with zero attached hydrogens (tertiary/aromatic N) is 3. The molecule has 2 heterocycles. The second-order valence-corrected chi connectivity index (χ2v) is 4.75. The van der Waals surface area contributed by atoms with Crippen LogP contribution in [0.25, 0.3) is 11.4 Å². The van der Waals surface area contributed by atoms with E-state index in [1.165, 1.54) is 12.1 Å². The Morgan fingerprint density at radius 2 is 2.10 bits per heavy atom. The van der Waals surface area contributed by atoms with Gasteiger partial charge in [0.1, 0.15) is 5.82 Å². The van der Waals surface area contributed by atoms with Crippen molar-refractivity contribution in [2.75, 3.05) is 13.1 Å². The Kier molecular flexibility index (Phi) is 3.19. The Morgan fingerprint density at radius 1 is 1.40 bits per heavy atom. The lowest BCUT2D eigenvalue weighted by Gasteiger charge is -2.35. The average molecular weight is 277 g/mol. The first-order valence-corrected chi connectivity index (χ1v) is 6.15. The zero-order valence-corrected chi connectivity index (χ0v) is 10.5. The number of rotatable bonds is 4. The largest absolute Gasteiger partial charge is 0.481 e. The molecule has 1 fully saturated rings. The summed E-state index contributed by atoms with van der Waals surface area (Å²) in [4.78, 5) is 16.8. The van der Waals surface area contributed by atoms with Crippen molar-refractivity contribution in [3.05, 3.63) is 36.0 Å². The van der Waals surface area contributed by atoms with Gasteiger partial charge in [0.05, 0.1) is 12.5 Å². The standard InChI is InChI=1S/C13H12FN3O3/c14-10-3-1-8(2-4-10)12-15-11(20-16-12)7-17-5-9(6-17)13(18)19/h1-4,9H,5-7H2,(H,18,19). The molecule has 0 aliphatic carbocycles. The zero-order chi connectivity index (χ0) is 14.1. The molecule has 0 atom stereocenters. The van der Waals surface area contributed by atoms with Gasteiger partial charge in [-0.1, -0.05) is 5.16 Å². The van der Waals surface area contributed by atoms with Gasteiger partial charge in [0, 0.05) is 18.7 Å². The van der Waals surface area contributed by atoms with Crippen LogP contribution in [-0.4, -0.2) is 39.2 Å². The summed E-state index contributed by atoms with van der Waals surface area (Å²) in [5.74, 6) is -0.588. The molecule has 7 heteroatoms. The summed E-state index contributed by atoms with van der Waals surface area (Å²) in [5, 5.41) is 12.6. The molecule has 1 aliphatic heterocycles. The van der Waals surface area contributed by atoms with Crippen LogP contribution < -0.4 is 0 Å². The number of likely N-dealkylation sites (tertiary alicyclic amines) is 1. The Bertz CT molecular complexity index is 620. The van der Waals surface area contributed by atoms with E-state index in [0.717, 1.165) is 0 Å². The van der Waals surface area contributed by atoms with Gasteiger partial charge < -0.3 is 9.63 Å². The van der Waals surface area contributed by atoms with E-state index in [2.05, 4.69) is 10.1 Å². The van der Waals surface area contributed by atoms with Gasteiger partial charge >= 0.3 is 5.97 Å². The first-order chi connectivity index (χ1) is 9.61. The molecule has 0 saturated carbocycles. The summed E-state index contributed by atoms with van der Waals surface area (Å²) in [6.07, 6.45) is 0. The number of carbonyl (C=O) groups is 1. The molecule has 1 saturated heterocycles. The number of aromatic nitrogens is 2. The minimum Gasteiger partial charge on any atom is -0.481 e. The van der Waals surface area contributed by atoms with E-state index in [1.807, 2.05) is 4.90 Å². The molecule has 0 unspecified atom stereocenters. The summed E-state index contributed by atoms with van der Waals surface area (Å²) < 4.78 is 17.9. The van der Waals surface area contributed by atoms with Gasteiger partial charge in [-0.05, 0) is 24.3 Å². The maximum atomic E-state index is 12.8. The summed E-state index contributed by atoms with van der Waals surface area (Å²) in [7, 11) is 0. The van der Waals surface area contributed by atoms with Gasteiger partial charge in [-0.2, -0.15) is 4.98 Å². The van der Waals surface area contributed by atoms with E-state index in [4.69, 9.17) is 9.63 Å². The fourth-order valence-electron chi connectivity index (χ4n) is 2.08. The third kappa shape index (κ3) is 2.53. The molecule has 1 aromatic carbocycles. The smallest absolute Gasteiger partial charge is 0.309 e. The van der Waals surface area contributed by atoms with E-state index < -0.39 is 5.97 Å². The van der Waals surface area contributed by atoms with Gasteiger partial charge in [-0.25, -0.2) is 4.39 Å². The number of benzene rings is 1. The summed E-state index contributed by atoms with van der Waals surface area (Å²) in [6, 6.07) is 5.82. The topological polar surface area (TPSA) is 79.5 Å². The highest BCUT2D eigenvalue weighted by molar-refractivity contribution is 5.71. The van der Waals surface area contributed by atoms with Crippen LogP contribution >= 0.6 is 0 Å². The molecule has 2 aromatic rings. The van der Waals surface area contributed by atoms with Crippen LogP contribution in [0.1, 0.15) is 5.89 Å². The summed E-state index contributed by atoms with van der Waals surface area (Å²) in [5.41, 5.74) is 0.674. The minimum absolute atomic E-state index is 0.311. The molecule has 6 nitrogen and oxygen atoms in total. The quantitative estimate of drug-likeness (QED) is 0.909. The third-order valence-corrected chi connectivity index (χ3v) is 3.24. The van der Waals surface area contributed by atoms with Crippen LogP contribution in [-0.2, 0) is 11.3 Å². The molecular formula is C13H12FN3O3. The van der Waals surface area contributed by atoms with Crippen molar-refractivity contribution in [1.29, 1.82) is 0 Å². The fourth-order valence-corrected chi connectivity index (χ4v) is 2.08. The van der Waals surface area contributed by atoms with Gasteiger partial charge in [0.25, 0.3) is 0 Å². The number of aliphatic carboxylic acids is 1. The lowest BCUT2D eigenvalue weighted by molar-refractivity contribution is -0.147. The van der Waals surface area contributed by atoms with Crippen LogP contribution in [0.3, 0.4) is 0 Å². The van der Waals surface area contributed by atoms with E-state index in [-0.39, 0.29) is 11.7 Å². The van der Waals surface area contributed by atoms with E-state index in [9.17, 15) is 9.18 Å². The Morgan fingerprint density at radius 3 is 2.75 bits per heavy atom. The Labute approximate surface area is 113 Å². The van der Waals surface area contributed by atoms with Gasteiger partial charge in [-0.15, -0.1) is 0 Å². The third-order valence-electron chi connectivity index (χ3n) is 3.24. The molecule has 0 amide bonds. The van der Waals surface area contributed by atoms with Gasteiger partial charge in [-0.3, -0.25) is 9.69 Å². The lowest BCUT2D eigenvalue weighted by Crippen LogP contribution is -2.49. The molecule has 104 valence electrons. The van der Waals surface area contributed by atoms with Crippen LogP contribution in [0.5, 0.6) is 0 Å². The number of hydrogen-bond donors (Lipinski definition) is 1. The van der Waals surface area contributed by atoms with Crippen LogP contribution in [0.4, 0.5) is 4.39 Å². The van der Waals surface area contributed by atoms with Crippen LogP contribution in [0.2, 0.25) is 0 Å². The zero-order valence-electron chi connectivity index (χ0n) is 10.5. The maximum Gasteiger partial charge on any atom is 0.309 e. The molecule has 3 rings (SSSR count). The van der Waals surface area contributed by atoms with E-state index in [1.54, 1.807) is 12.1 Å². The maximum absolute atomic E-state index is 12.8. The minimum atomic E-state index is -0.779. The molecule has 0 spiro atoms.